The molecular weight excluding hydrogens is 897 g/mol. The van der Waals surface area contributed by atoms with Gasteiger partial charge >= 0.3 is 11.9 Å². The lowest BCUT2D eigenvalue weighted by Gasteiger charge is -2.39. The van der Waals surface area contributed by atoms with Crippen LogP contribution in [0.1, 0.15) is 111 Å². The smallest absolute Gasteiger partial charge is 0.336 e. The lowest BCUT2D eigenvalue weighted by Crippen LogP contribution is -2.40. The number of carbonyl (C=O) groups excluding carboxylic acids is 6. The standard InChI is InChI=1S/C30H31N3O6.C22H29N3O4.CH4O/c1-4-39-29(37)26-22(17-38-13-12-33-27(35)19-9-5-6-10-20(19)28(33)36)32-21-14-30(2,3)15-23(34)25(21)24(26)18-8-7-11-31-16-18;1-4-29-21(27)20-16(13-28-9-7-23)25-15-10-22(2,3)11-17(26)19(15)18(20)14-6-5-8-24-12-14;1-2/h5-11,16,24,32H,4,12-15,17H2,1-3H3;5-6,8,12,18,25H,4,7,9-11,13,23H2,1-3H3;2H,1H3. The topological polar surface area (TPSA) is 239 Å². The molecule has 1 aromatic carbocycles. The fourth-order valence-corrected chi connectivity index (χ4v) is 9.62. The first-order valence-corrected chi connectivity index (χ1v) is 23.5. The molecule has 0 spiro atoms. The maximum absolute atomic E-state index is 13.4. The average Bonchev–Trinajstić information content (AvgIpc) is 3.57. The third-order valence-corrected chi connectivity index (χ3v) is 12.4. The number of hydrogen-bond donors (Lipinski definition) is 4. The molecular formula is C53H64N6O11. The zero-order valence-electron chi connectivity index (χ0n) is 41.0. The van der Waals surface area contributed by atoms with Crippen LogP contribution in [0.2, 0.25) is 0 Å². The number of allylic oxidation sites excluding steroid dienone is 4. The van der Waals surface area contributed by atoms with Crippen LogP contribution in [0.15, 0.2) is 118 Å². The fraction of sp³-hybridized carbons (Fsp3) is 0.434. The molecule has 372 valence electrons. The van der Waals surface area contributed by atoms with E-state index in [2.05, 4.69) is 34.4 Å². The molecule has 70 heavy (non-hydrogen) atoms. The summed E-state index contributed by atoms with van der Waals surface area (Å²) in [7, 11) is 1.00. The first-order valence-electron chi connectivity index (χ1n) is 23.5. The van der Waals surface area contributed by atoms with Crippen LogP contribution in [0.5, 0.6) is 0 Å². The van der Waals surface area contributed by atoms with Crippen LogP contribution in [-0.2, 0) is 38.1 Å². The quantitative estimate of drug-likeness (QED) is 0.0853. The first kappa shape index (κ1) is 52.7. The van der Waals surface area contributed by atoms with Gasteiger partial charge in [0.15, 0.2) is 11.6 Å². The van der Waals surface area contributed by atoms with Crippen molar-refractivity contribution >= 4 is 35.3 Å². The Labute approximate surface area is 408 Å². The minimum Gasteiger partial charge on any atom is -0.463 e. The van der Waals surface area contributed by atoms with Crippen molar-refractivity contribution in [2.75, 3.05) is 59.8 Å². The summed E-state index contributed by atoms with van der Waals surface area (Å²) in [5.74, 6) is -2.85. The van der Waals surface area contributed by atoms with Crippen molar-refractivity contribution in [3.63, 3.8) is 0 Å². The molecule has 0 saturated carbocycles. The first-order chi connectivity index (χ1) is 33.6. The third kappa shape index (κ3) is 11.7. The van der Waals surface area contributed by atoms with E-state index in [0.717, 1.165) is 24.1 Å². The van der Waals surface area contributed by atoms with Crippen LogP contribution in [0.3, 0.4) is 0 Å². The van der Waals surface area contributed by atoms with Gasteiger partial charge in [-0.05, 0) is 72.9 Å². The van der Waals surface area contributed by atoms with Crippen molar-refractivity contribution in [2.24, 2.45) is 16.6 Å². The van der Waals surface area contributed by atoms with E-state index < -0.39 is 23.8 Å². The highest BCUT2D eigenvalue weighted by Gasteiger charge is 2.46. The molecule has 17 heteroatoms. The van der Waals surface area contributed by atoms with Gasteiger partial charge in [0.05, 0.1) is 79.9 Å². The van der Waals surface area contributed by atoms with E-state index in [4.69, 9.17) is 29.8 Å². The summed E-state index contributed by atoms with van der Waals surface area (Å²) in [4.78, 5) is 87.9. The van der Waals surface area contributed by atoms with Gasteiger partial charge in [0.2, 0.25) is 0 Å². The molecule has 3 aromatic rings. The number of pyridine rings is 2. The second-order valence-electron chi connectivity index (χ2n) is 18.8. The normalized spacial score (nSPS) is 20.0. The number of amides is 2. The number of dihydropyridines is 2. The Morgan fingerprint density at radius 3 is 1.49 bits per heavy atom. The molecule has 0 fully saturated rings. The molecule has 0 radical (unpaired) electrons. The molecule has 2 aromatic heterocycles. The summed E-state index contributed by atoms with van der Waals surface area (Å²) in [5.41, 5.74) is 12.0. The van der Waals surface area contributed by atoms with Crippen molar-refractivity contribution in [3.05, 3.63) is 141 Å². The van der Waals surface area contributed by atoms with Gasteiger partial charge < -0.3 is 40.4 Å². The highest BCUT2D eigenvalue weighted by Crippen LogP contribution is 2.48. The van der Waals surface area contributed by atoms with Gasteiger partial charge in [0.1, 0.15) is 0 Å². The van der Waals surface area contributed by atoms with E-state index in [1.165, 1.54) is 4.90 Å². The Balaban J connectivity index is 0.000000231. The Bertz CT molecular complexity index is 2570. The third-order valence-electron chi connectivity index (χ3n) is 12.4. The number of nitrogens with one attached hydrogen (secondary N) is 2. The number of imide groups is 1. The van der Waals surface area contributed by atoms with Gasteiger partial charge in [0.25, 0.3) is 11.8 Å². The number of aromatic nitrogens is 2. The van der Waals surface area contributed by atoms with Gasteiger partial charge in [-0.2, -0.15) is 0 Å². The Morgan fingerprint density at radius 1 is 0.671 bits per heavy atom. The highest BCUT2D eigenvalue weighted by atomic mass is 16.5. The fourth-order valence-electron chi connectivity index (χ4n) is 9.62. The van der Waals surface area contributed by atoms with Crippen molar-refractivity contribution in [1.29, 1.82) is 0 Å². The van der Waals surface area contributed by atoms with E-state index >= 15 is 0 Å². The number of nitrogens with two attached hydrogens (primary N) is 1. The number of Topliss-reactive ketones (excluding diaryl/α,β-unsaturated/α-hetero) is 2. The van der Waals surface area contributed by atoms with Gasteiger partial charge in [-0.3, -0.25) is 34.0 Å². The number of carbonyl (C=O) groups is 6. The van der Waals surface area contributed by atoms with Crippen LogP contribution in [0, 0.1) is 10.8 Å². The minimum atomic E-state index is -0.646. The summed E-state index contributed by atoms with van der Waals surface area (Å²) in [6.07, 6.45) is 8.80. The number of rotatable bonds is 15. The van der Waals surface area contributed by atoms with Crippen LogP contribution in [0.25, 0.3) is 0 Å². The summed E-state index contributed by atoms with van der Waals surface area (Å²) in [6.45, 7) is 13.2. The second-order valence-corrected chi connectivity index (χ2v) is 18.8. The average molecular weight is 961 g/mol. The van der Waals surface area contributed by atoms with Crippen molar-refractivity contribution in [3.8, 4) is 0 Å². The maximum Gasteiger partial charge on any atom is 0.336 e. The summed E-state index contributed by atoms with van der Waals surface area (Å²) < 4.78 is 22.4. The van der Waals surface area contributed by atoms with E-state index in [1.54, 1.807) is 69.0 Å². The molecule has 2 aliphatic carbocycles. The summed E-state index contributed by atoms with van der Waals surface area (Å²) in [6, 6.07) is 14.0. The molecule has 5 aliphatic rings. The monoisotopic (exact) mass is 960 g/mol. The molecule has 2 atom stereocenters. The number of aliphatic hydroxyl groups excluding tert-OH is 1. The highest BCUT2D eigenvalue weighted by molar-refractivity contribution is 6.21. The van der Waals surface area contributed by atoms with Gasteiger partial charge in [0, 0.05) is 85.7 Å². The summed E-state index contributed by atoms with van der Waals surface area (Å²) >= 11 is 0. The predicted molar refractivity (Wildman–Crippen MR) is 258 cm³/mol. The minimum absolute atomic E-state index is 0.000518. The Morgan fingerprint density at radius 2 is 1.10 bits per heavy atom. The largest absolute Gasteiger partial charge is 0.463 e. The number of ketones is 2. The second kappa shape index (κ2) is 23.3. The van der Waals surface area contributed by atoms with Crippen LogP contribution < -0.4 is 16.4 Å². The number of aliphatic hydroxyl groups is 1. The van der Waals surface area contributed by atoms with E-state index in [9.17, 15) is 28.8 Å². The Kier molecular flexibility index (Phi) is 17.5. The van der Waals surface area contributed by atoms with Crippen LogP contribution in [0.4, 0.5) is 0 Å². The molecule has 8 rings (SSSR count). The summed E-state index contributed by atoms with van der Waals surface area (Å²) in [5, 5.41) is 13.7. The molecule has 5 heterocycles. The van der Waals surface area contributed by atoms with Crippen LogP contribution in [-0.4, -0.2) is 115 Å². The number of benzene rings is 1. The number of hydrogen-bond acceptors (Lipinski definition) is 16. The van der Waals surface area contributed by atoms with Crippen molar-refractivity contribution < 1.29 is 52.8 Å². The molecule has 0 saturated heterocycles. The molecule has 2 unspecified atom stereocenters. The lowest BCUT2D eigenvalue weighted by molar-refractivity contribution is -0.140. The molecule has 17 nitrogen and oxygen atoms in total. The van der Waals surface area contributed by atoms with E-state index in [-0.39, 0.29) is 73.8 Å². The van der Waals surface area contributed by atoms with E-state index in [0.29, 0.717) is 89.2 Å². The molecule has 5 N–H and O–H groups in total. The van der Waals surface area contributed by atoms with Crippen molar-refractivity contribution in [1.82, 2.24) is 25.5 Å². The molecule has 3 aliphatic heterocycles. The predicted octanol–water partition coefficient (Wildman–Crippen LogP) is 5.35. The number of ether oxygens (including phenoxy) is 4. The maximum atomic E-state index is 13.4. The van der Waals surface area contributed by atoms with Gasteiger partial charge in [-0.25, -0.2) is 9.59 Å². The number of nitrogens with zero attached hydrogens (tertiary/aromatic N) is 3. The van der Waals surface area contributed by atoms with Crippen molar-refractivity contribution in [2.45, 2.75) is 79.1 Å². The number of esters is 2. The number of fused-ring (bicyclic) bond motifs is 1. The SMILES string of the molecule is CCOC(=O)C1=C(COCCN)NC2=C(C(=O)CC(C)(C)C2)C1c1cccnc1.CCOC(=O)C1=C(COCCN2C(=O)c3ccccc3C2=O)NC2=C(C(=O)CC(C)(C)C2)C1c1cccnc1.CO. The van der Waals surface area contributed by atoms with E-state index in [1.807, 2.05) is 32.0 Å². The zero-order chi connectivity index (χ0) is 50.8. The molecule has 2 amide bonds. The molecule has 0 bridgehead atoms. The zero-order valence-corrected chi connectivity index (χ0v) is 41.0. The lowest BCUT2D eigenvalue weighted by atomic mass is 9.69. The van der Waals surface area contributed by atoms with Crippen LogP contribution >= 0.6 is 0 Å². The Hall–Kier alpha value is -6.66. The van der Waals surface area contributed by atoms with Gasteiger partial charge in [-0.15, -0.1) is 0 Å². The van der Waals surface area contributed by atoms with Gasteiger partial charge in [-0.1, -0.05) is 52.0 Å².